The number of aromatic nitrogens is 2. The third-order valence-electron chi connectivity index (χ3n) is 9.44. The third kappa shape index (κ3) is 4.00. The van der Waals surface area contributed by atoms with Crippen molar-refractivity contribution in [2.24, 2.45) is 0 Å². The predicted molar refractivity (Wildman–Crippen MR) is 193 cm³/mol. The zero-order chi connectivity index (χ0) is 30.9. The van der Waals surface area contributed by atoms with Crippen LogP contribution >= 0.6 is 0 Å². The van der Waals surface area contributed by atoms with Crippen molar-refractivity contribution in [3.63, 3.8) is 0 Å². The molecule has 0 radical (unpaired) electrons. The first-order valence-electron chi connectivity index (χ1n) is 15.9. The smallest absolute Gasteiger partial charge is 0.180 e. The Morgan fingerprint density at radius 1 is 0.383 bits per heavy atom. The van der Waals surface area contributed by atoms with Crippen molar-refractivity contribution >= 4 is 32.8 Å². The highest BCUT2D eigenvalue weighted by Gasteiger charge is 2.22. The quantitative estimate of drug-likeness (QED) is 0.202. The van der Waals surface area contributed by atoms with Crippen molar-refractivity contribution in [2.45, 2.75) is 0 Å². The number of hydrogen-bond acceptors (Lipinski definition) is 3. The van der Waals surface area contributed by atoms with E-state index in [1.165, 1.54) is 44.2 Å². The zero-order valence-electron chi connectivity index (χ0n) is 25.3. The average Bonchev–Trinajstić information content (AvgIpc) is 3.69. The average molecular weight is 599 g/mol. The number of furan rings is 1. The first kappa shape index (κ1) is 26.0. The number of para-hydroxylation sites is 1. The van der Waals surface area contributed by atoms with Gasteiger partial charge in [-0.1, -0.05) is 133 Å². The SMILES string of the molecule is c1ccc(-c2nc(-c3cccc(-c4cccc(-c5ccc6c7c(cccc57)-c5ccccc5-6)c4)c3)nc3c2oc2ccccc23)cc1. The van der Waals surface area contributed by atoms with Gasteiger partial charge >= 0.3 is 0 Å². The maximum atomic E-state index is 6.32. The summed E-state index contributed by atoms with van der Waals surface area (Å²) in [6.07, 6.45) is 0. The van der Waals surface area contributed by atoms with E-state index in [4.69, 9.17) is 14.4 Å². The van der Waals surface area contributed by atoms with Crippen molar-refractivity contribution in [1.82, 2.24) is 9.97 Å². The number of nitrogens with zero attached hydrogens (tertiary/aromatic N) is 2. The molecule has 1 aliphatic carbocycles. The highest BCUT2D eigenvalue weighted by atomic mass is 16.3. The van der Waals surface area contributed by atoms with Crippen LogP contribution in [0, 0.1) is 0 Å². The first-order chi connectivity index (χ1) is 23.3. The fourth-order valence-electron chi connectivity index (χ4n) is 7.28. The lowest BCUT2D eigenvalue weighted by molar-refractivity contribution is 0.667. The van der Waals surface area contributed by atoms with Gasteiger partial charge in [0.1, 0.15) is 16.8 Å². The molecular formula is C44H26N2O. The molecular weight excluding hydrogens is 572 g/mol. The van der Waals surface area contributed by atoms with Crippen molar-refractivity contribution < 1.29 is 4.42 Å². The molecule has 0 fully saturated rings. The Morgan fingerprint density at radius 3 is 1.79 bits per heavy atom. The maximum Gasteiger partial charge on any atom is 0.180 e. The highest BCUT2D eigenvalue weighted by molar-refractivity contribution is 6.18. The molecule has 3 heteroatoms. The summed E-state index contributed by atoms with van der Waals surface area (Å²) in [6.45, 7) is 0. The molecule has 0 saturated carbocycles. The standard InChI is InChI=1S/C44H26N2O/c1-2-11-27(12-3-1)41-43-42(38-19-6-7-22-39(38)47-43)46-44(45-41)31-16-9-14-29(26-31)28-13-8-15-30(25-28)32-23-24-37-34-18-5-4-17-33(34)36-21-10-20-35(32)40(36)37/h1-26H. The van der Waals surface area contributed by atoms with Crippen LogP contribution in [0.25, 0.3) is 100.0 Å². The molecule has 9 aromatic rings. The van der Waals surface area contributed by atoms with Crippen LogP contribution < -0.4 is 0 Å². The molecule has 2 heterocycles. The van der Waals surface area contributed by atoms with Gasteiger partial charge in [-0.25, -0.2) is 9.97 Å². The molecule has 47 heavy (non-hydrogen) atoms. The summed E-state index contributed by atoms with van der Waals surface area (Å²) in [5, 5.41) is 3.61. The topological polar surface area (TPSA) is 38.9 Å². The van der Waals surface area contributed by atoms with E-state index >= 15 is 0 Å². The Kier molecular flexibility index (Phi) is 5.57. The lowest BCUT2D eigenvalue weighted by atomic mass is 9.92. The van der Waals surface area contributed by atoms with E-state index in [1.54, 1.807) is 0 Å². The summed E-state index contributed by atoms with van der Waals surface area (Å²) in [5.74, 6) is 0.674. The van der Waals surface area contributed by atoms with Crippen LogP contribution in [-0.2, 0) is 0 Å². The van der Waals surface area contributed by atoms with Gasteiger partial charge in [-0.2, -0.15) is 0 Å². The van der Waals surface area contributed by atoms with E-state index in [0.29, 0.717) is 11.4 Å². The largest absolute Gasteiger partial charge is 0.452 e. The third-order valence-corrected chi connectivity index (χ3v) is 9.44. The van der Waals surface area contributed by atoms with E-state index < -0.39 is 0 Å². The normalized spacial score (nSPS) is 11.8. The van der Waals surface area contributed by atoms with Crippen LogP contribution in [0.2, 0.25) is 0 Å². The van der Waals surface area contributed by atoms with Crippen LogP contribution in [0.3, 0.4) is 0 Å². The predicted octanol–water partition coefficient (Wildman–Crippen LogP) is 11.8. The minimum atomic E-state index is 0.674. The van der Waals surface area contributed by atoms with Gasteiger partial charge in [0.05, 0.1) is 0 Å². The Bertz CT molecular complexity index is 2660. The Balaban J connectivity index is 1.10. The van der Waals surface area contributed by atoms with Gasteiger partial charge in [-0.15, -0.1) is 0 Å². The lowest BCUT2D eigenvalue weighted by Gasteiger charge is -2.12. The summed E-state index contributed by atoms with van der Waals surface area (Å²) in [5.41, 5.74) is 15.1. The molecule has 3 nitrogen and oxygen atoms in total. The second-order valence-corrected chi connectivity index (χ2v) is 12.1. The van der Waals surface area contributed by atoms with Crippen LogP contribution in [0.15, 0.2) is 162 Å². The fourth-order valence-corrected chi connectivity index (χ4v) is 7.28. The van der Waals surface area contributed by atoms with Crippen LogP contribution in [-0.4, -0.2) is 9.97 Å². The molecule has 0 spiro atoms. The van der Waals surface area contributed by atoms with E-state index in [-0.39, 0.29) is 0 Å². The molecule has 0 aliphatic heterocycles. The molecule has 0 saturated heterocycles. The molecule has 7 aromatic carbocycles. The van der Waals surface area contributed by atoms with Crippen molar-refractivity contribution in [2.75, 3.05) is 0 Å². The Hall–Kier alpha value is -6.32. The number of hydrogen-bond donors (Lipinski definition) is 0. The molecule has 0 bridgehead atoms. The van der Waals surface area contributed by atoms with Gasteiger partial charge in [-0.05, 0) is 79.5 Å². The van der Waals surface area contributed by atoms with Gasteiger partial charge in [-0.3, -0.25) is 0 Å². The molecule has 2 aromatic heterocycles. The van der Waals surface area contributed by atoms with Gasteiger partial charge in [0.2, 0.25) is 0 Å². The Morgan fingerprint density at radius 2 is 0.957 bits per heavy atom. The van der Waals surface area contributed by atoms with Gasteiger partial charge < -0.3 is 4.42 Å². The lowest BCUT2D eigenvalue weighted by Crippen LogP contribution is -1.94. The summed E-state index contributed by atoms with van der Waals surface area (Å²) in [7, 11) is 0. The number of fused-ring (bicyclic) bond motifs is 6. The fraction of sp³-hybridized carbons (Fsp3) is 0. The number of benzene rings is 7. The Labute approximate surface area is 271 Å². The first-order valence-corrected chi connectivity index (χ1v) is 15.9. The second-order valence-electron chi connectivity index (χ2n) is 12.1. The van der Waals surface area contributed by atoms with Crippen LogP contribution in [0.4, 0.5) is 0 Å². The molecule has 0 amide bonds. The van der Waals surface area contributed by atoms with E-state index in [2.05, 4.69) is 121 Å². The number of rotatable bonds is 4. The maximum absolute atomic E-state index is 6.32. The van der Waals surface area contributed by atoms with Gasteiger partial charge in [0.15, 0.2) is 11.4 Å². The van der Waals surface area contributed by atoms with E-state index in [9.17, 15) is 0 Å². The van der Waals surface area contributed by atoms with E-state index in [1.807, 2.05) is 36.4 Å². The highest BCUT2D eigenvalue weighted by Crippen LogP contribution is 2.49. The van der Waals surface area contributed by atoms with Gasteiger partial charge in [0.25, 0.3) is 0 Å². The van der Waals surface area contributed by atoms with E-state index in [0.717, 1.165) is 44.4 Å². The molecule has 218 valence electrons. The molecule has 0 atom stereocenters. The van der Waals surface area contributed by atoms with Crippen LogP contribution in [0.5, 0.6) is 0 Å². The minimum Gasteiger partial charge on any atom is -0.452 e. The summed E-state index contributed by atoms with van der Waals surface area (Å²) in [6, 6.07) is 55.7. The summed E-state index contributed by atoms with van der Waals surface area (Å²) in [4.78, 5) is 10.2. The van der Waals surface area contributed by atoms with Gasteiger partial charge in [0, 0.05) is 16.5 Å². The van der Waals surface area contributed by atoms with Crippen molar-refractivity contribution in [3.8, 4) is 67.2 Å². The monoisotopic (exact) mass is 598 g/mol. The summed E-state index contributed by atoms with van der Waals surface area (Å²) >= 11 is 0. The molecule has 1 aliphatic rings. The minimum absolute atomic E-state index is 0.674. The summed E-state index contributed by atoms with van der Waals surface area (Å²) < 4.78 is 6.32. The molecule has 0 unspecified atom stereocenters. The van der Waals surface area contributed by atoms with Crippen molar-refractivity contribution in [3.05, 3.63) is 158 Å². The molecule has 10 rings (SSSR count). The van der Waals surface area contributed by atoms with Crippen molar-refractivity contribution in [1.29, 1.82) is 0 Å². The molecule has 0 N–H and O–H groups in total. The second kappa shape index (κ2) is 10.1. The zero-order valence-corrected chi connectivity index (χ0v) is 25.3. The van der Waals surface area contributed by atoms with Crippen LogP contribution in [0.1, 0.15) is 0 Å².